The molecule has 14 aromatic rings. The smallest absolute Gasteiger partial charge is 0.123 e. The van der Waals surface area contributed by atoms with E-state index < -0.39 is 8.07 Å². The molecule has 2 aromatic heterocycles. The van der Waals surface area contributed by atoms with E-state index in [-0.39, 0.29) is 11.6 Å². The first kappa shape index (κ1) is 46.0. The normalized spacial score (nSPS) is 11.9. The topological polar surface area (TPSA) is 16.3 Å². The third-order valence-electron chi connectivity index (χ3n) is 15.7. The summed E-state index contributed by atoms with van der Waals surface area (Å²) in [6.45, 7) is 4.91. The van der Waals surface area contributed by atoms with Crippen molar-refractivity contribution in [1.82, 2.24) is 9.13 Å². The number of nitrogens with zero attached hydrogens (tertiary/aromatic N) is 4. The lowest BCUT2D eigenvalue weighted by Crippen LogP contribution is -2.53. The van der Waals surface area contributed by atoms with Crippen LogP contribution in [0.1, 0.15) is 0 Å². The average molecular weight is 1010 g/mol. The molecule has 7 heteroatoms. The molecule has 0 bridgehead atoms. The van der Waals surface area contributed by atoms with Crippen LogP contribution in [0, 0.1) is 11.6 Å². The lowest BCUT2D eigenvalue weighted by Gasteiger charge is -2.32. The van der Waals surface area contributed by atoms with E-state index in [1.54, 1.807) is 24.3 Å². The zero-order valence-corrected chi connectivity index (χ0v) is 43.4. The Kier molecular flexibility index (Phi) is 11.0. The highest BCUT2D eigenvalue weighted by Gasteiger charge is 2.32. The number of benzene rings is 12. The first-order chi connectivity index (χ1) is 37.8. The number of hydrogen-bond donors (Lipinski definition) is 0. The first-order valence-electron chi connectivity index (χ1n) is 26.1. The van der Waals surface area contributed by atoms with Crippen molar-refractivity contribution in [3.63, 3.8) is 0 Å². The molecule has 12 aromatic carbocycles. The van der Waals surface area contributed by atoms with Crippen LogP contribution in [-0.4, -0.2) is 17.2 Å². The Balaban J connectivity index is 0.916. The Morgan fingerprint density at radius 1 is 0.286 bits per heavy atom. The van der Waals surface area contributed by atoms with Crippen molar-refractivity contribution in [2.24, 2.45) is 0 Å². The van der Waals surface area contributed by atoms with E-state index in [2.05, 4.69) is 238 Å². The van der Waals surface area contributed by atoms with E-state index in [9.17, 15) is 8.78 Å². The molecular formula is C70H50F2N4Si. The number of fused-ring (bicyclic) bond motifs is 8. The molecule has 368 valence electrons. The first-order valence-corrected chi connectivity index (χ1v) is 29.1. The number of rotatable bonds is 10. The Labute approximate surface area is 446 Å². The van der Waals surface area contributed by atoms with Gasteiger partial charge in [0.1, 0.15) is 19.7 Å². The molecule has 0 fully saturated rings. The second-order valence-electron chi connectivity index (χ2n) is 20.4. The molecule has 0 spiro atoms. The predicted molar refractivity (Wildman–Crippen MR) is 323 cm³/mol. The van der Waals surface area contributed by atoms with Crippen LogP contribution in [0.15, 0.2) is 267 Å². The summed E-state index contributed by atoms with van der Waals surface area (Å²) in [5.74, 6) is -0.564. The molecule has 0 saturated carbocycles. The Morgan fingerprint density at radius 3 is 1.01 bits per heavy atom. The molecule has 0 saturated heterocycles. The van der Waals surface area contributed by atoms with Crippen LogP contribution in [0.4, 0.5) is 42.9 Å². The fourth-order valence-corrected chi connectivity index (χ4v) is 15.2. The molecule has 0 atom stereocenters. The third-order valence-corrected chi connectivity index (χ3v) is 19.2. The lowest BCUT2D eigenvalue weighted by molar-refractivity contribution is 0.627. The molecule has 0 unspecified atom stereocenters. The minimum Gasteiger partial charge on any atom is -0.310 e. The van der Waals surface area contributed by atoms with Gasteiger partial charge in [-0.25, -0.2) is 8.78 Å². The van der Waals surface area contributed by atoms with Crippen molar-refractivity contribution >= 4 is 118 Å². The highest BCUT2D eigenvalue weighted by atomic mass is 28.3. The van der Waals surface area contributed by atoms with Crippen LogP contribution in [0.25, 0.3) is 76.5 Å². The van der Waals surface area contributed by atoms with Gasteiger partial charge in [-0.05, 0) is 155 Å². The van der Waals surface area contributed by atoms with E-state index in [1.165, 1.54) is 21.1 Å². The average Bonchev–Trinajstić information content (AvgIpc) is 4.03. The van der Waals surface area contributed by atoms with Gasteiger partial charge < -0.3 is 18.9 Å². The van der Waals surface area contributed by atoms with Crippen molar-refractivity contribution in [2.45, 2.75) is 13.1 Å². The van der Waals surface area contributed by atoms with Gasteiger partial charge in [0.25, 0.3) is 0 Å². The van der Waals surface area contributed by atoms with Gasteiger partial charge in [0, 0.05) is 66.4 Å². The predicted octanol–water partition coefficient (Wildman–Crippen LogP) is 18.2. The van der Waals surface area contributed by atoms with Crippen molar-refractivity contribution in [3.8, 4) is 11.4 Å². The van der Waals surface area contributed by atoms with Gasteiger partial charge in [0.05, 0.1) is 33.4 Å². The summed E-state index contributed by atoms with van der Waals surface area (Å²) >= 11 is 0. The minimum absolute atomic E-state index is 0.282. The lowest BCUT2D eigenvalue weighted by atomic mass is 10.0. The van der Waals surface area contributed by atoms with Crippen molar-refractivity contribution in [3.05, 3.63) is 279 Å². The van der Waals surface area contributed by atoms with E-state index in [0.717, 1.165) is 99.9 Å². The number of para-hydroxylation sites is 4. The van der Waals surface area contributed by atoms with Gasteiger partial charge in [0.2, 0.25) is 0 Å². The minimum atomic E-state index is -2.57. The summed E-state index contributed by atoms with van der Waals surface area (Å²) < 4.78 is 34.3. The van der Waals surface area contributed by atoms with Crippen LogP contribution >= 0.6 is 0 Å². The van der Waals surface area contributed by atoms with Gasteiger partial charge in [-0.15, -0.1) is 0 Å². The molecule has 0 amide bonds. The maximum atomic E-state index is 14.8. The molecule has 2 heterocycles. The molecule has 14 rings (SSSR count). The molecule has 0 N–H and O–H groups in total. The van der Waals surface area contributed by atoms with Crippen molar-refractivity contribution in [1.29, 1.82) is 0 Å². The highest BCUT2D eigenvalue weighted by molar-refractivity contribution is 7.03. The van der Waals surface area contributed by atoms with Crippen molar-refractivity contribution < 1.29 is 8.78 Å². The van der Waals surface area contributed by atoms with Gasteiger partial charge in [-0.1, -0.05) is 147 Å². The van der Waals surface area contributed by atoms with E-state index in [0.29, 0.717) is 0 Å². The molecule has 4 nitrogen and oxygen atoms in total. The molecule has 0 aliphatic rings. The maximum absolute atomic E-state index is 14.8. The highest BCUT2D eigenvalue weighted by Crippen LogP contribution is 2.45. The van der Waals surface area contributed by atoms with E-state index in [4.69, 9.17) is 0 Å². The summed E-state index contributed by atoms with van der Waals surface area (Å²) in [6.07, 6.45) is 0. The quantitative estimate of drug-likeness (QED) is 0.127. The summed E-state index contributed by atoms with van der Waals surface area (Å²) in [5.41, 5.74) is 12.4. The zero-order valence-electron chi connectivity index (χ0n) is 42.4. The number of anilines is 6. The van der Waals surface area contributed by atoms with Gasteiger partial charge >= 0.3 is 0 Å². The fraction of sp³-hybridized carbons (Fsp3) is 0.0286. The maximum Gasteiger partial charge on any atom is 0.123 e. The van der Waals surface area contributed by atoms with Crippen molar-refractivity contribution in [2.75, 3.05) is 9.80 Å². The van der Waals surface area contributed by atoms with E-state index >= 15 is 0 Å². The second kappa shape index (κ2) is 18.4. The molecular weight excluding hydrogens is 963 g/mol. The van der Waals surface area contributed by atoms with Gasteiger partial charge in [0.15, 0.2) is 0 Å². The number of aromatic nitrogens is 2. The summed E-state index contributed by atoms with van der Waals surface area (Å²) in [7, 11) is -2.57. The standard InChI is InChI=1S/C70H50F2N4Si/c1-77(2,69-43-41-65(55-21-9-11-25-59(55)69)73(51-33-29-47(71)30-34-51)53-37-39-67-61(45-53)57-23-13-15-27-63(57)75(67)49-17-5-3-6-18-49)70-44-42-66(56-22-10-12-26-60(56)70)74(52-35-31-48(72)32-36-52)54-38-40-68-62(46-54)58-24-14-16-28-64(58)76(68)50-19-7-4-8-20-50/h3-46H,1-2H3. The molecule has 0 aliphatic heterocycles. The number of hydrogen-bond acceptors (Lipinski definition) is 2. The largest absolute Gasteiger partial charge is 0.310 e. The molecule has 77 heavy (non-hydrogen) atoms. The fourth-order valence-electron chi connectivity index (χ4n) is 12.1. The van der Waals surface area contributed by atoms with Gasteiger partial charge in [-0.2, -0.15) is 0 Å². The monoisotopic (exact) mass is 1010 g/mol. The van der Waals surface area contributed by atoms with Crippen LogP contribution < -0.4 is 20.2 Å². The molecule has 0 radical (unpaired) electrons. The SMILES string of the molecule is C[Si](C)(c1ccc(N(c2ccc(F)cc2)c2ccc3c(c2)c2ccccc2n3-c2ccccc2)c2ccccc12)c1ccc(N(c2ccc(F)cc2)c2ccc3c(c2)c2ccccc2n3-c2ccccc2)c2ccccc12. The van der Waals surface area contributed by atoms with Crippen LogP contribution in [0.3, 0.4) is 0 Å². The van der Waals surface area contributed by atoms with Gasteiger partial charge in [-0.3, -0.25) is 0 Å². The summed E-state index contributed by atoms with van der Waals surface area (Å²) in [6, 6.07) is 92.0. The number of halogens is 2. The summed E-state index contributed by atoms with van der Waals surface area (Å²) in [5, 5.41) is 11.8. The molecule has 0 aliphatic carbocycles. The second-order valence-corrected chi connectivity index (χ2v) is 24.7. The summed E-state index contributed by atoms with van der Waals surface area (Å²) in [4.78, 5) is 4.55. The zero-order chi connectivity index (χ0) is 51.8. The Bertz CT molecular complexity index is 4270. The third kappa shape index (κ3) is 7.61. The Morgan fingerprint density at radius 2 is 0.610 bits per heavy atom. The van der Waals surface area contributed by atoms with Crippen LogP contribution in [0.5, 0.6) is 0 Å². The van der Waals surface area contributed by atoms with E-state index in [1.807, 2.05) is 36.4 Å². The van der Waals surface area contributed by atoms with Crippen LogP contribution in [-0.2, 0) is 0 Å². The Hall–Kier alpha value is -9.56. The van der Waals surface area contributed by atoms with Crippen LogP contribution in [0.2, 0.25) is 13.1 Å².